The molecule has 0 amide bonds. The highest BCUT2D eigenvalue weighted by Crippen LogP contribution is 2.47. The summed E-state index contributed by atoms with van der Waals surface area (Å²) in [5.41, 5.74) is 5.18. The number of hydroxylamine groups is 1. The zero-order valence-electron chi connectivity index (χ0n) is 19.2. The van der Waals surface area contributed by atoms with Crippen molar-refractivity contribution < 1.29 is 13.7 Å². The second-order valence-corrected chi connectivity index (χ2v) is 9.11. The number of halogens is 1. The molecule has 0 bridgehead atoms. The first kappa shape index (κ1) is 21.8. The summed E-state index contributed by atoms with van der Waals surface area (Å²) in [6, 6.07) is 31.8. The van der Waals surface area contributed by atoms with Crippen molar-refractivity contribution in [3.05, 3.63) is 137 Å². The van der Waals surface area contributed by atoms with Gasteiger partial charge in [-0.05, 0) is 48.9 Å². The molecule has 3 aromatic carbocycles. The molecule has 0 N–H and O–H groups in total. The molecule has 6 rings (SSSR count). The monoisotopic (exact) mass is 481 g/mol. The maximum absolute atomic E-state index is 6.84. The van der Waals surface area contributed by atoms with Gasteiger partial charge in [0.15, 0.2) is 0 Å². The van der Waals surface area contributed by atoms with E-state index in [0.29, 0.717) is 11.4 Å². The van der Waals surface area contributed by atoms with Crippen LogP contribution in [0.3, 0.4) is 0 Å². The van der Waals surface area contributed by atoms with Crippen LogP contribution in [-0.4, -0.2) is 0 Å². The molecule has 0 fully saturated rings. The topological polar surface area (TPSA) is 38.8 Å². The summed E-state index contributed by atoms with van der Waals surface area (Å²) >= 11 is 6.20. The van der Waals surface area contributed by atoms with Gasteiger partial charge in [-0.25, -0.2) is 5.06 Å². The number of furan rings is 2. The van der Waals surface area contributed by atoms with Crippen LogP contribution in [0.15, 0.2) is 112 Å². The second kappa shape index (κ2) is 9.14. The number of para-hydroxylation sites is 1. The van der Waals surface area contributed by atoms with Crippen molar-refractivity contribution in [1.29, 1.82) is 0 Å². The molecule has 0 spiro atoms. The first-order valence-corrected chi connectivity index (χ1v) is 12.0. The highest BCUT2D eigenvalue weighted by atomic mass is 35.5. The molecule has 174 valence electrons. The van der Waals surface area contributed by atoms with E-state index in [1.54, 1.807) is 6.26 Å². The smallest absolute Gasteiger partial charge is 0.143 e. The van der Waals surface area contributed by atoms with Gasteiger partial charge in [-0.2, -0.15) is 0 Å². The van der Waals surface area contributed by atoms with Crippen LogP contribution in [0.5, 0.6) is 0 Å². The second-order valence-electron chi connectivity index (χ2n) is 8.67. The van der Waals surface area contributed by atoms with Gasteiger partial charge in [0.25, 0.3) is 0 Å². The van der Waals surface area contributed by atoms with Gasteiger partial charge in [-0.1, -0.05) is 72.3 Å². The first-order chi connectivity index (χ1) is 17.2. The van der Waals surface area contributed by atoms with E-state index in [2.05, 4.69) is 24.3 Å². The molecule has 2 aromatic heterocycles. The molecule has 35 heavy (non-hydrogen) atoms. The summed E-state index contributed by atoms with van der Waals surface area (Å²) in [5.74, 6) is 2.50. The van der Waals surface area contributed by atoms with E-state index >= 15 is 0 Å². The van der Waals surface area contributed by atoms with Gasteiger partial charge >= 0.3 is 0 Å². The Morgan fingerprint density at radius 3 is 2.23 bits per heavy atom. The summed E-state index contributed by atoms with van der Waals surface area (Å²) in [7, 11) is 0. The minimum atomic E-state index is -0.340. The fraction of sp³-hybridized carbons (Fsp3) is 0.133. The van der Waals surface area contributed by atoms with Crippen molar-refractivity contribution in [2.24, 2.45) is 0 Å². The van der Waals surface area contributed by atoms with Crippen LogP contribution in [0.2, 0.25) is 5.02 Å². The van der Waals surface area contributed by atoms with Crippen LogP contribution in [-0.2, 0) is 11.3 Å². The summed E-state index contributed by atoms with van der Waals surface area (Å²) in [4.78, 5) is 6.84. The molecule has 5 heteroatoms. The highest BCUT2D eigenvalue weighted by molar-refractivity contribution is 6.30. The molecule has 4 nitrogen and oxygen atoms in total. The number of nitrogens with zero attached hydrogens (tertiary/aromatic N) is 1. The number of hydrogen-bond donors (Lipinski definition) is 0. The van der Waals surface area contributed by atoms with Gasteiger partial charge < -0.3 is 8.83 Å². The molecule has 0 radical (unpaired) electrons. The van der Waals surface area contributed by atoms with Gasteiger partial charge in [0.05, 0.1) is 12.0 Å². The maximum atomic E-state index is 6.84. The quantitative estimate of drug-likeness (QED) is 0.258. The van der Waals surface area contributed by atoms with Crippen LogP contribution in [0.1, 0.15) is 40.4 Å². The zero-order chi connectivity index (χ0) is 23.8. The fourth-order valence-electron chi connectivity index (χ4n) is 4.83. The third kappa shape index (κ3) is 4.05. The van der Waals surface area contributed by atoms with Gasteiger partial charge in [0.2, 0.25) is 0 Å². The third-order valence-corrected chi connectivity index (χ3v) is 6.74. The Balaban J connectivity index is 1.60. The third-order valence-electron chi connectivity index (χ3n) is 6.49. The van der Waals surface area contributed by atoms with E-state index in [1.165, 1.54) is 0 Å². The Bertz CT molecular complexity index is 1410. The predicted molar refractivity (Wildman–Crippen MR) is 137 cm³/mol. The first-order valence-electron chi connectivity index (χ1n) is 11.7. The normalized spacial score (nSPS) is 17.7. The SMILES string of the molecule is Cc1oc(-c2ccccc2)c2c1C[C@H](c1ccc(Cl)cc1)ON(c1ccccc1)[C@@H]2c1ccco1. The molecule has 0 unspecified atom stereocenters. The van der Waals surface area contributed by atoms with Gasteiger partial charge in [0.1, 0.15) is 29.4 Å². The van der Waals surface area contributed by atoms with Crippen LogP contribution < -0.4 is 5.06 Å². The van der Waals surface area contributed by atoms with E-state index in [0.717, 1.165) is 45.2 Å². The maximum Gasteiger partial charge on any atom is 0.143 e. The minimum absolute atomic E-state index is 0.244. The van der Waals surface area contributed by atoms with Crippen LogP contribution in [0.4, 0.5) is 5.69 Å². The van der Waals surface area contributed by atoms with Crippen molar-refractivity contribution in [2.45, 2.75) is 25.5 Å². The summed E-state index contributed by atoms with van der Waals surface area (Å²) in [5, 5.41) is 2.66. The number of hydrogen-bond acceptors (Lipinski definition) is 4. The van der Waals surface area contributed by atoms with Crippen LogP contribution in [0, 0.1) is 6.92 Å². The lowest BCUT2D eigenvalue weighted by Gasteiger charge is -2.32. The highest BCUT2D eigenvalue weighted by Gasteiger charge is 2.39. The number of benzene rings is 3. The Labute approximate surface area is 209 Å². The lowest BCUT2D eigenvalue weighted by atomic mass is 9.92. The van der Waals surface area contributed by atoms with Crippen LogP contribution >= 0.6 is 11.6 Å². The Morgan fingerprint density at radius 2 is 1.54 bits per heavy atom. The molecule has 0 saturated carbocycles. The summed E-state index contributed by atoms with van der Waals surface area (Å²) in [6.07, 6.45) is 2.11. The van der Waals surface area contributed by atoms with Gasteiger partial charge in [-0.15, -0.1) is 0 Å². The molecule has 0 saturated heterocycles. The molecule has 2 atom stereocenters. The van der Waals surface area contributed by atoms with Gasteiger partial charge in [0, 0.05) is 28.1 Å². The molecular formula is C30H24ClNO3. The van der Waals surface area contributed by atoms with E-state index in [-0.39, 0.29) is 12.1 Å². The standard InChI is InChI=1S/C30H24ClNO3/c1-20-25-19-27(21-14-16-23(31)17-15-21)35-32(24-11-6-3-7-12-24)29(26-13-8-18-33-26)28(25)30(34-20)22-9-4-2-5-10-22/h2-18,27,29H,19H2,1H3/t27-,29-/m1/s1. The number of rotatable bonds is 4. The fourth-order valence-corrected chi connectivity index (χ4v) is 4.95. The van der Waals surface area contributed by atoms with Crippen molar-refractivity contribution in [2.75, 3.05) is 5.06 Å². The Hall–Kier alpha value is -3.73. The van der Waals surface area contributed by atoms with E-state index in [9.17, 15) is 0 Å². The largest absolute Gasteiger partial charge is 0.467 e. The van der Waals surface area contributed by atoms with E-state index in [1.807, 2.05) is 84.8 Å². The average molecular weight is 482 g/mol. The van der Waals surface area contributed by atoms with Crippen molar-refractivity contribution >= 4 is 17.3 Å². The Morgan fingerprint density at radius 1 is 0.829 bits per heavy atom. The molecule has 1 aliphatic rings. The Kier molecular flexibility index (Phi) is 5.69. The zero-order valence-corrected chi connectivity index (χ0v) is 20.0. The van der Waals surface area contributed by atoms with Gasteiger partial charge in [-0.3, -0.25) is 4.84 Å². The summed E-state index contributed by atoms with van der Waals surface area (Å²) in [6.45, 7) is 2.03. The van der Waals surface area contributed by atoms with E-state index in [4.69, 9.17) is 25.3 Å². The molecule has 0 aliphatic carbocycles. The molecular weight excluding hydrogens is 458 g/mol. The number of anilines is 1. The van der Waals surface area contributed by atoms with Crippen molar-refractivity contribution in [3.8, 4) is 11.3 Å². The number of aryl methyl sites for hydroxylation is 1. The number of fused-ring (bicyclic) bond motifs is 1. The minimum Gasteiger partial charge on any atom is -0.467 e. The van der Waals surface area contributed by atoms with E-state index < -0.39 is 0 Å². The van der Waals surface area contributed by atoms with Crippen molar-refractivity contribution in [3.63, 3.8) is 0 Å². The van der Waals surface area contributed by atoms with Crippen molar-refractivity contribution in [1.82, 2.24) is 0 Å². The lowest BCUT2D eigenvalue weighted by Crippen LogP contribution is -2.30. The average Bonchev–Trinajstić information content (AvgIpc) is 3.49. The predicted octanol–water partition coefficient (Wildman–Crippen LogP) is 8.33. The molecule has 5 aromatic rings. The molecule has 1 aliphatic heterocycles. The van der Waals surface area contributed by atoms with Crippen LogP contribution in [0.25, 0.3) is 11.3 Å². The molecule has 3 heterocycles. The summed E-state index contributed by atoms with van der Waals surface area (Å²) < 4.78 is 12.5. The lowest BCUT2D eigenvalue weighted by molar-refractivity contribution is 0.0234.